The summed E-state index contributed by atoms with van der Waals surface area (Å²) in [5.74, 6) is 0. The van der Waals surface area contributed by atoms with Crippen molar-refractivity contribution in [1.82, 2.24) is 0 Å². The molecule has 0 aromatic heterocycles. The smallest absolute Gasteiger partial charge is 0.0392 e. The van der Waals surface area contributed by atoms with Crippen LogP contribution < -0.4 is 0 Å². The van der Waals surface area contributed by atoms with Crippen LogP contribution in [0.5, 0.6) is 0 Å². The number of nitrogens with one attached hydrogen (secondary N) is 1. The number of fused-ring (bicyclic) bond motifs is 1. The summed E-state index contributed by atoms with van der Waals surface area (Å²) in [6, 6.07) is 0. The van der Waals surface area contributed by atoms with E-state index in [1.165, 1.54) is 11.1 Å². The molecule has 0 aromatic carbocycles. The van der Waals surface area contributed by atoms with Crippen molar-refractivity contribution >= 4 is 5.71 Å². The maximum Gasteiger partial charge on any atom is 0.0392 e. The predicted molar refractivity (Wildman–Crippen MR) is 33.1 cm³/mol. The van der Waals surface area contributed by atoms with Crippen molar-refractivity contribution in [3.05, 3.63) is 23.3 Å². The monoisotopic (exact) mass is 105 g/mol. The fraction of sp³-hybridized carbons (Fsp3) is 0.286. The predicted octanol–water partition coefficient (Wildman–Crippen LogP) is 1.67. The van der Waals surface area contributed by atoms with Crippen LogP contribution in [0, 0.1) is 5.41 Å². The van der Waals surface area contributed by atoms with E-state index in [2.05, 4.69) is 6.08 Å². The maximum absolute atomic E-state index is 7.33. The molecule has 2 rings (SSSR count). The van der Waals surface area contributed by atoms with Crippen molar-refractivity contribution in [3.8, 4) is 0 Å². The van der Waals surface area contributed by atoms with E-state index in [0.29, 0.717) is 0 Å². The molecule has 0 atom stereocenters. The first-order valence-electron chi connectivity index (χ1n) is 2.87. The van der Waals surface area contributed by atoms with Crippen molar-refractivity contribution in [3.63, 3.8) is 0 Å². The third-order valence-corrected chi connectivity index (χ3v) is 1.77. The molecule has 40 valence electrons. The number of rotatable bonds is 0. The van der Waals surface area contributed by atoms with Gasteiger partial charge in [-0.15, -0.1) is 0 Å². The van der Waals surface area contributed by atoms with Crippen LogP contribution in [0.15, 0.2) is 23.3 Å². The summed E-state index contributed by atoms with van der Waals surface area (Å²) in [5.41, 5.74) is 3.45. The topological polar surface area (TPSA) is 23.9 Å². The molecule has 2 aliphatic carbocycles. The van der Waals surface area contributed by atoms with Crippen molar-refractivity contribution in [2.45, 2.75) is 12.8 Å². The molecule has 0 heterocycles. The molecule has 2 aliphatic rings. The molecule has 0 bridgehead atoms. The Hall–Kier alpha value is -0.850. The summed E-state index contributed by atoms with van der Waals surface area (Å²) < 4.78 is 0. The Morgan fingerprint density at radius 2 is 2.12 bits per heavy atom. The first kappa shape index (κ1) is 4.07. The molecule has 0 amide bonds. The lowest BCUT2D eigenvalue weighted by Gasteiger charge is -2.05. The van der Waals surface area contributed by atoms with E-state index in [4.69, 9.17) is 5.41 Å². The molecular weight excluding hydrogens is 98.1 g/mol. The van der Waals surface area contributed by atoms with Crippen LogP contribution in [0.2, 0.25) is 0 Å². The zero-order chi connectivity index (χ0) is 5.56. The quantitative estimate of drug-likeness (QED) is 0.484. The molecule has 1 saturated carbocycles. The van der Waals surface area contributed by atoms with Gasteiger partial charge in [0.05, 0.1) is 0 Å². The third kappa shape index (κ3) is 0.302. The SMILES string of the molecule is N=C1CCC2=CC=C12. The lowest BCUT2D eigenvalue weighted by Crippen LogP contribution is -1.95. The van der Waals surface area contributed by atoms with Crippen LogP contribution >= 0.6 is 0 Å². The van der Waals surface area contributed by atoms with Crippen LogP contribution in [0.25, 0.3) is 0 Å². The lowest BCUT2D eigenvalue weighted by molar-refractivity contribution is 1.09. The normalized spacial score (nSPS) is 23.8. The Morgan fingerprint density at radius 3 is 2.38 bits per heavy atom. The standard InChI is InChI=1S/C7H7N/c8-7-4-2-5-1-3-6(5)7/h1,3,8H,2,4H2. The fourth-order valence-corrected chi connectivity index (χ4v) is 1.19. The highest BCUT2D eigenvalue weighted by Crippen LogP contribution is 2.33. The summed E-state index contributed by atoms with van der Waals surface area (Å²) in [6.07, 6.45) is 6.23. The second-order valence-electron chi connectivity index (χ2n) is 2.25. The van der Waals surface area contributed by atoms with Crippen LogP contribution in [-0.4, -0.2) is 5.71 Å². The van der Waals surface area contributed by atoms with Gasteiger partial charge in [-0.05, 0) is 24.0 Å². The average Bonchev–Trinajstić information content (AvgIpc) is 1.80. The minimum Gasteiger partial charge on any atom is -0.305 e. The van der Waals surface area contributed by atoms with Crippen molar-refractivity contribution < 1.29 is 0 Å². The zero-order valence-corrected chi connectivity index (χ0v) is 4.57. The van der Waals surface area contributed by atoms with E-state index in [1.54, 1.807) is 0 Å². The van der Waals surface area contributed by atoms with Crippen LogP contribution in [-0.2, 0) is 0 Å². The van der Waals surface area contributed by atoms with E-state index in [0.717, 1.165) is 18.6 Å². The Balaban J connectivity index is 2.42. The summed E-state index contributed by atoms with van der Waals surface area (Å²) in [6.45, 7) is 0. The number of hydrogen-bond acceptors (Lipinski definition) is 1. The molecule has 0 radical (unpaired) electrons. The van der Waals surface area contributed by atoms with E-state index < -0.39 is 0 Å². The average molecular weight is 105 g/mol. The number of hydrogen-bond donors (Lipinski definition) is 1. The zero-order valence-electron chi connectivity index (χ0n) is 4.57. The summed E-state index contributed by atoms with van der Waals surface area (Å²) in [7, 11) is 0. The van der Waals surface area contributed by atoms with Crippen LogP contribution in [0.1, 0.15) is 12.8 Å². The first-order valence-corrected chi connectivity index (χ1v) is 2.87. The van der Waals surface area contributed by atoms with Gasteiger partial charge in [-0.1, -0.05) is 12.2 Å². The highest BCUT2D eigenvalue weighted by molar-refractivity contribution is 6.07. The molecule has 1 nitrogen and oxygen atoms in total. The Morgan fingerprint density at radius 1 is 1.25 bits per heavy atom. The van der Waals surface area contributed by atoms with Crippen LogP contribution in [0.3, 0.4) is 0 Å². The summed E-state index contributed by atoms with van der Waals surface area (Å²) in [5, 5.41) is 7.33. The Bertz CT molecular complexity index is 200. The molecule has 0 aromatic rings. The highest BCUT2D eigenvalue weighted by atomic mass is 14.5. The van der Waals surface area contributed by atoms with Gasteiger partial charge >= 0.3 is 0 Å². The van der Waals surface area contributed by atoms with Gasteiger partial charge in [-0.3, -0.25) is 0 Å². The fourth-order valence-electron chi connectivity index (χ4n) is 1.19. The van der Waals surface area contributed by atoms with Crippen LogP contribution in [0.4, 0.5) is 0 Å². The summed E-state index contributed by atoms with van der Waals surface area (Å²) >= 11 is 0. The van der Waals surface area contributed by atoms with Gasteiger partial charge in [0, 0.05) is 5.71 Å². The number of allylic oxidation sites excluding steroid dienone is 4. The Kier molecular flexibility index (Phi) is 0.562. The van der Waals surface area contributed by atoms with Crippen molar-refractivity contribution in [1.29, 1.82) is 5.41 Å². The van der Waals surface area contributed by atoms with E-state index in [1.807, 2.05) is 6.08 Å². The van der Waals surface area contributed by atoms with Gasteiger partial charge in [0.2, 0.25) is 0 Å². The molecule has 0 unspecified atom stereocenters. The lowest BCUT2D eigenvalue weighted by atomic mass is 10.0. The van der Waals surface area contributed by atoms with Gasteiger partial charge in [0.25, 0.3) is 0 Å². The molecule has 0 saturated heterocycles. The van der Waals surface area contributed by atoms with Gasteiger partial charge in [-0.25, -0.2) is 0 Å². The molecule has 0 spiro atoms. The van der Waals surface area contributed by atoms with Gasteiger partial charge in [-0.2, -0.15) is 0 Å². The molecule has 1 heteroatoms. The largest absolute Gasteiger partial charge is 0.305 e. The second-order valence-corrected chi connectivity index (χ2v) is 2.25. The van der Waals surface area contributed by atoms with E-state index in [-0.39, 0.29) is 0 Å². The molecule has 1 N–H and O–H groups in total. The van der Waals surface area contributed by atoms with Gasteiger partial charge in [0.1, 0.15) is 0 Å². The minimum absolute atomic E-state index is 0.836. The molecule has 0 aliphatic heterocycles. The van der Waals surface area contributed by atoms with Gasteiger partial charge < -0.3 is 5.41 Å². The summed E-state index contributed by atoms with van der Waals surface area (Å²) in [4.78, 5) is 0. The maximum atomic E-state index is 7.33. The second kappa shape index (κ2) is 1.10. The van der Waals surface area contributed by atoms with Crippen molar-refractivity contribution in [2.24, 2.45) is 0 Å². The van der Waals surface area contributed by atoms with E-state index in [9.17, 15) is 0 Å². The van der Waals surface area contributed by atoms with Crippen molar-refractivity contribution in [2.75, 3.05) is 0 Å². The third-order valence-electron chi connectivity index (χ3n) is 1.77. The molecule has 1 fully saturated rings. The Labute approximate surface area is 48.2 Å². The first-order chi connectivity index (χ1) is 3.88. The molecule has 8 heavy (non-hydrogen) atoms. The minimum atomic E-state index is 0.836. The highest BCUT2D eigenvalue weighted by Gasteiger charge is 2.22. The van der Waals surface area contributed by atoms with Gasteiger partial charge in [0.15, 0.2) is 0 Å². The van der Waals surface area contributed by atoms with E-state index >= 15 is 0 Å². The molecular formula is C7H7N.